The maximum atomic E-state index is 14.1. The lowest BCUT2D eigenvalue weighted by atomic mass is 10.0. The summed E-state index contributed by atoms with van der Waals surface area (Å²) < 4.78 is 22.8. The number of pyridine rings is 2. The molecule has 0 bridgehead atoms. The molecular weight excluding hydrogens is 629 g/mol. The molecule has 1 aromatic carbocycles. The first kappa shape index (κ1) is 32.6. The second-order valence-electron chi connectivity index (χ2n) is 12.4. The van der Waals surface area contributed by atoms with Gasteiger partial charge in [-0.2, -0.15) is 19.7 Å². The summed E-state index contributed by atoms with van der Waals surface area (Å²) in [6.45, 7) is 6.90. The quantitative estimate of drug-likeness (QED) is 0.225. The number of piperazine rings is 1. The first-order valence-corrected chi connectivity index (χ1v) is 16.3. The van der Waals surface area contributed by atoms with Gasteiger partial charge < -0.3 is 19.9 Å². The SMILES string of the molecule is COCCN1C[C@@H](NC(=O)Nc2c(C)c(-c3cnc4c(c3)c(N3CCN(C)CC3)nn4C)nn2-c2ccccc2)[C@H](c2ccnc(F)c2)O1. The van der Waals surface area contributed by atoms with Crippen molar-refractivity contribution < 1.29 is 18.8 Å². The number of benzene rings is 1. The van der Waals surface area contributed by atoms with Crippen molar-refractivity contribution in [2.24, 2.45) is 7.05 Å². The average molecular weight is 670 g/mol. The molecule has 6 heterocycles. The molecule has 2 aliphatic heterocycles. The third-order valence-electron chi connectivity index (χ3n) is 9.06. The van der Waals surface area contributed by atoms with E-state index in [1.807, 2.05) is 49.0 Å². The van der Waals surface area contributed by atoms with Crippen LogP contribution in [-0.2, 0) is 16.6 Å². The number of halogens is 1. The van der Waals surface area contributed by atoms with Crippen molar-refractivity contribution in [2.45, 2.75) is 19.1 Å². The molecule has 2 aliphatic rings. The number of rotatable bonds is 9. The number of aromatic nitrogens is 6. The lowest BCUT2D eigenvalue weighted by molar-refractivity contribution is -0.154. The molecule has 256 valence electrons. The Morgan fingerprint density at radius 3 is 2.61 bits per heavy atom. The van der Waals surface area contributed by atoms with E-state index < -0.39 is 24.1 Å². The molecule has 7 rings (SSSR count). The average Bonchev–Trinajstić information content (AvgIpc) is 3.77. The summed E-state index contributed by atoms with van der Waals surface area (Å²) in [5.41, 5.74) is 4.39. The Balaban J connectivity index is 1.20. The highest BCUT2D eigenvalue weighted by Gasteiger charge is 2.37. The Hall–Kier alpha value is -4.96. The van der Waals surface area contributed by atoms with Gasteiger partial charge in [0.2, 0.25) is 5.95 Å². The van der Waals surface area contributed by atoms with Gasteiger partial charge in [-0.05, 0) is 49.9 Å². The van der Waals surface area contributed by atoms with Gasteiger partial charge in [0.05, 0.1) is 29.4 Å². The second-order valence-corrected chi connectivity index (χ2v) is 12.4. The number of amides is 2. The summed E-state index contributed by atoms with van der Waals surface area (Å²) in [5, 5.41) is 18.6. The second kappa shape index (κ2) is 13.9. The van der Waals surface area contributed by atoms with Gasteiger partial charge in [-0.1, -0.05) is 18.2 Å². The molecule has 2 saturated heterocycles. The van der Waals surface area contributed by atoms with Crippen LogP contribution in [0.2, 0.25) is 0 Å². The zero-order valence-corrected chi connectivity index (χ0v) is 28.0. The Kier molecular flexibility index (Phi) is 9.23. The fraction of sp³-hybridized carbons (Fsp3) is 0.382. The van der Waals surface area contributed by atoms with Crippen LogP contribution in [0.4, 0.5) is 20.8 Å². The Bertz CT molecular complexity index is 1940. The fourth-order valence-electron chi connectivity index (χ4n) is 6.43. The number of carbonyl (C=O) groups excluding carboxylic acids is 1. The predicted molar refractivity (Wildman–Crippen MR) is 183 cm³/mol. The molecule has 0 radical (unpaired) electrons. The van der Waals surface area contributed by atoms with Crippen LogP contribution in [0.5, 0.6) is 0 Å². The molecule has 0 unspecified atom stereocenters. The first-order valence-electron chi connectivity index (χ1n) is 16.3. The van der Waals surface area contributed by atoms with Crippen molar-refractivity contribution in [1.29, 1.82) is 0 Å². The third-order valence-corrected chi connectivity index (χ3v) is 9.06. The number of aryl methyl sites for hydroxylation is 1. The number of likely N-dealkylation sites (N-methyl/N-ethyl adjacent to an activating group) is 1. The molecule has 14 nitrogen and oxygen atoms in total. The molecule has 2 atom stereocenters. The van der Waals surface area contributed by atoms with E-state index in [2.05, 4.69) is 38.5 Å². The molecule has 15 heteroatoms. The van der Waals surface area contributed by atoms with E-state index >= 15 is 0 Å². The zero-order chi connectivity index (χ0) is 34.1. The lowest BCUT2D eigenvalue weighted by Gasteiger charge is -2.32. The van der Waals surface area contributed by atoms with E-state index in [1.54, 1.807) is 29.1 Å². The largest absolute Gasteiger partial charge is 0.383 e. The third kappa shape index (κ3) is 6.70. The number of hydroxylamine groups is 2. The van der Waals surface area contributed by atoms with Crippen molar-refractivity contribution >= 4 is 28.7 Å². The maximum absolute atomic E-state index is 14.1. The number of hydrogen-bond acceptors (Lipinski definition) is 10. The smallest absolute Gasteiger partial charge is 0.320 e. The van der Waals surface area contributed by atoms with E-state index in [-0.39, 0.29) is 0 Å². The molecule has 0 spiro atoms. The van der Waals surface area contributed by atoms with Crippen LogP contribution in [-0.4, -0.2) is 112 Å². The fourth-order valence-corrected chi connectivity index (χ4v) is 6.43. The number of fused-ring (bicyclic) bond motifs is 1. The number of anilines is 2. The monoisotopic (exact) mass is 669 g/mol. The van der Waals surface area contributed by atoms with Crippen LogP contribution in [0.1, 0.15) is 17.2 Å². The van der Waals surface area contributed by atoms with Gasteiger partial charge in [0.25, 0.3) is 0 Å². The minimum atomic E-state index is -0.623. The van der Waals surface area contributed by atoms with Crippen LogP contribution in [0.3, 0.4) is 0 Å². The summed E-state index contributed by atoms with van der Waals surface area (Å²) in [4.78, 5) is 33.0. The van der Waals surface area contributed by atoms with Crippen molar-refractivity contribution in [1.82, 2.24) is 44.8 Å². The van der Waals surface area contributed by atoms with E-state index in [0.717, 1.165) is 59.8 Å². The minimum absolute atomic E-state index is 0.375. The summed E-state index contributed by atoms with van der Waals surface area (Å²) in [6, 6.07) is 13.8. The van der Waals surface area contributed by atoms with E-state index in [0.29, 0.717) is 36.8 Å². The lowest BCUT2D eigenvalue weighted by Crippen LogP contribution is -2.44. The minimum Gasteiger partial charge on any atom is -0.383 e. The van der Waals surface area contributed by atoms with Crippen molar-refractivity contribution in [3.63, 3.8) is 0 Å². The zero-order valence-electron chi connectivity index (χ0n) is 28.0. The number of hydrogen-bond donors (Lipinski definition) is 2. The molecule has 2 amide bonds. The van der Waals surface area contributed by atoms with E-state index in [9.17, 15) is 9.18 Å². The molecular formula is C34H40FN11O3. The Morgan fingerprint density at radius 1 is 1.06 bits per heavy atom. The standard InChI is InChI=1S/C34H40FN11O3/c1-22-29(24-18-26-32(37-20-24)43(3)41-33(26)44-14-12-42(2)13-15-44)40-46(25-8-6-5-7-9-25)31(22)39-34(47)38-27-21-45(16-17-48-4)49-30(27)23-10-11-36-28(35)19-23/h5-11,18-20,27,30H,12-17,21H2,1-4H3,(H2,38,39,47)/t27-,30+/m1/s1. The molecule has 4 aromatic heterocycles. The molecule has 0 saturated carbocycles. The molecule has 5 aromatic rings. The topological polar surface area (TPSA) is 131 Å². The van der Waals surface area contributed by atoms with Gasteiger partial charge in [0.1, 0.15) is 11.9 Å². The van der Waals surface area contributed by atoms with Crippen LogP contribution in [0, 0.1) is 12.9 Å². The molecule has 0 aliphatic carbocycles. The van der Waals surface area contributed by atoms with Gasteiger partial charge in [-0.15, -0.1) is 0 Å². The highest BCUT2D eigenvalue weighted by atomic mass is 19.1. The highest BCUT2D eigenvalue weighted by Crippen LogP contribution is 2.35. The highest BCUT2D eigenvalue weighted by molar-refractivity contribution is 5.93. The van der Waals surface area contributed by atoms with Crippen molar-refractivity contribution in [3.8, 4) is 16.9 Å². The van der Waals surface area contributed by atoms with Gasteiger partial charge in [0.15, 0.2) is 11.5 Å². The molecule has 49 heavy (non-hydrogen) atoms. The summed E-state index contributed by atoms with van der Waals surface area (Å²) in [6.07, 6.45) is 2.57. The van der Waals surface area contributed by atoms with E-state index in [4.69, 9.17) is 24.8 Å². The van der Waals surface area contributed by atoms with E-state index in [1.165, 1.54) is 12.3 Å². The van der Waals surface area contributed by atoms with Gasteiger partial charge >= 0.3 is 6.03 Å². The first-order chi connectivity index (χ1) is 23.8. The number of nitrogens with zero attached hydrogens (tertiary/aromatic N) is 9. The number of urea groups is 1. The van der Waals surface area contributed by atoms with Gasteiger partial charge in [0, 0.05) is 76.9 Å². The number of para-hydroxylation sites is 1. The van der Waals surface area contributed by atoms with Gasteiger partial charge in [-0.25, -0.2) is 24.1 Å². The predicted octanol–water partition coefficient (Wildman–Crippen LogP) is 3.54. The van der Waals surface area contributed by atoms with Gasteiger partial charge in [-0.3, -0.25) is 10.2 Å². The Labute approximate surface area is 283 Å². The summed E-state index contributed by atoms with van der Waals surface area (Å²) >= 11 is 0. The number of carbonyl (C=O) groups is 1. The van der Waals surface area contributed by atoms with Crippen LogP contribution >= 0.6 is 0 Å². The number of nitrogens with one attached hydrogen (secondary N) is 2. The number of methoxy groups -OCH3 is 1. The number of ether oxygens (including phenoxy) is 1. The Morgan fingerprint density at radius 2 is 1.86 bits per heavy atom. The van der Waals surface area contributed by atoms with Crippen LogP contribution < -0.4 is 15.5 Å². The summed E-state index contributed by atoms with van der Waals surface area (Å²) in [5.74, 6) is 0.787. The molecule has 2 fully saturated rings. The van der Waals surface area contributed by atoms with Crippen LogP contribution in [0.15, 0.2) is 60.9 Å². The normalized spacial score (nSPS) is 18.8. The van der Waals surface area contributed by atoms with Crippen LogP contribution in [0.25, 0.3) is 28.0 Å². The van der Waals surface area contributed by atoms with Crippen molar-refractivity contribution in [2.75, 3.05) is 70.2 Å². The maximum Gasteiger partial charge on any atom is 0.320 e. The van der Waals surface area contributed by atoms with Crippen molar-refractivity contribution in [3.05, 3.63) is 78.0 Å². The summed E-state index contributed by atoms with van der Waals surface area (Å²) in [7, 11) is 5.65. The molecule has 2 N–H and O–H groups in total.